The Morgan fingerprint density at radius 3 is 2.70 bits per heavy atom. The topological polar surface area (TPSA) is 32.5 Å². The van der Waals surface area contributed by atoms with Crippen LogP contribution < -0.4 is 10.6 Å². The van der Waals surface area contributed by atoms with Gasteiger partial charge in [-0.1, -0.05) is 18.6 Å². The maximum atomic E-state index is 5.62. The van der Waals surface area contributed by atoms with Crippen molar-refractivity contribution in [2.45, 2.75) is 44.7 Å². The van der Waals surface area contributed by atoms with E-state index < -0.39 is 0 Å². The van der Waals surface area contributed by atoms with Crippen molar-refractivity contribution >= 4 is 5.69 Å². The van der Waals surface area contributed by atoms with Gasteiger partial charge in [0.15, 0.2) is 0 Å². The van der Waals surface area contributed by atoms with Gasteiger partial charge in [-0.25, -0.2) is 0 Å². The molecule has 3 nitrogen and oxygen atoms in total. The molecule has 2 N–H and O–H groups in total. The number of anilines is 1. The average molecular weight is 273 g/mol. The lowest BCUT2D eigenvalue weighted by molar-refractivity contribution is 0.115. The Labute approximate surface area is 122 Å². The van der Waals surface area contributed by atoms with Gasteiger partial charge in [0.05, 0.1) is 0 Å². The molecular formula is C17H27N3. The third kappa shape index (κ3) is 2.84. The first-order chi connectivity index (χ1) is 9.78. The molecule has 2 fully saturated rings. The summed E-state index contributed by atoms with van der Waals surface area (Å²) in [6, 6.07) is 10.4. The predicted octanol–water partition coefficient (Wildman–Crippen LogP) is 2.25. The Bertz CT molecular complexity index is 428. The molecule has 1 aromatic carbocycles. The second-order valence-corrected chi connectivity index (χ2v) is 6.35. The van der Waals surface area contributed by atoms with Crippen LogP contribution in [0.1, 0.15) is 31.7 Å². The highest BCUT2D eigenvalue weighted by Gasteiger charge is 2.32. The molecule has 2 unspecified atom stereocenters. The monoisotopic (exact) mass is 273 g/mol. The largest absolute Gasteiger partial charge is 0.366 e. The Balaban J connectivity index is 1.72. The molecule has 20 heavy (non-hydrogen) atoms. The van der Waals surface area contributed by atoms with Gasteiger partial charge in [-0.3, -0.25) is 4.90 Å². The number of rotatable bonds is 3. The maximum Gasteiger partial charge on any atom is 0.0389 e. The Hall–Kier alpha value is -1.06. The highest BCUT2D eigenvalue weighted by Crippen LogP contribution is 2.28. The minimum Gasteiger partial charge on any atom is -0.366 e. The first-order valence-corrected chi connectivity index (χ1v) is 8.07. The number of nitrogens with two attached hydrogens (primary N) is 1. The molecule has 1 aromatic rings. The van der Waals surface area contributed by atoms with Crippen molar-refractivity contribution in [2.24, 2.45) is 5.73 Å². The molecule has 2 aliphatic rings. The first-order valence-electron chi connectivity index (χ1n) is 8.07. The van der Waals surface area contributed by atoms with Crippen molar-refractivity contribution in [1.82, 2.24) is 4.90 Å². The molecule has 0 amide bonds. The molecular weight excluding hydrogens is 246 g/mol. The van der Waals surface area contributed by atoms with Gasteiger partial charge in [-0.05, 0) is 57.0 Å². The van der Waals surface area contributed by atoms with Gasteiger partial charge in [-0.2, -0.15) is 0 Å². The summed E-state index contributed by atoms with van der Waals surface area (Å²) in [4.78, 5) is 5.30. The van der Waals surface area contributed by atoms with E-state index in [0.29, 0.717) is 6.04 Å². The summed E-state index contributed by atoms with van der Waals surface area (Å²) in [5, 5.41) is 0. The lowest BCUT2D eigenvalue weighted by Gasteiger charge is -2.48. The zero-order valence-electron chi connectivity index (χ0n) is 12.6. The Kier molecular flexibility index (Phi) is 4.27. The summed E-state index contributed by atoms with van der Waals surface area (Å²) >= 11 is 0. The second-order valence-electron chi connectivity index (χ2n) is 6.35. The van der Waals surface area contributed by atoms with Crippen LogP contribution in [-0.2, 0) is 6.42 Å². The van der Waals surface area contributed by atoms with Crippen LogP contribution in [0.25, 0.3) is 0 Å². The summed E-state index contributed by atoms with van der Waals surface area (Å²) in [5.41, 5.74) is 8.35. The minimum atomic E-state index is 0.615. The Morgan fingerprint density at radius 1 is 1.15 bits per heavy atom. The van der Waals surface area contributed by atoms with Crippen LogP contribution in [0.3, 0.4) is 0 Å². The average Bonchev–Trinajstić information content (AvgIpc) is 2.48. The maximum absolute atomic E-state index is 5.62. The zero-order valence-corrected chi connectivity index (χ0v) is 12.6. The van der Waals surface area contributed by atoms with Gasteiger partial charge in [0.2, 0.25) is 0 Å². The molecule has 0 bridgehead atoms. The number of benzene rings is 1. The lowest BCUT2D eigenvalue weighted by atomic mass is 9.96. The molecule has 2 saturated heterocycles. The number of fused-ring (bicyclic) bond motifs is 1. The van der Waals surface area contributed by atoms with Crippen LogP contribution >= 0.6 is 0 Å². The van der Waals surface area contributed by atoms with Gasteiger partial charge in [0.1, 0.15) is 0 Å². The van der Waals surface area contributed by atoms with E-state index in [4.69, 9.17) is 5.73 Å². The van der Waals surface area contributed by atoms with Crippen molar-refractivity contribution in [3.8, 4) is 0 Å². The van der Waals surface area contributed by atoms with Crippen LogP contribution in [0.5, 0.6) is 0 Å². The van der Waals surface area contributed by atoms with Crippen molar-refractivity contribution in [2.75, 3.05) is 31.1 Å². The van der Waals surface area contributed by atoms with Crippen LogP contribution in [0.2, 0.25) is 0 Å². The smallest absolute Gasteiger partial charge is 0.0389 e. The van der Waals surface area contributed by atoms with Crippen molar-refractivity contribution in [3.63, 3.8) is 0 Å². The highest BCUT2D eigenvalue weighted by atomic mass is 15.3. The van der Waals surface area contributed by atoms with E-state index in [1.54, 1.807) is 0 Å². The van der Waals surface area contributed by atoms with Crippen LogP contribution in [0, 0.1) is 0 Å². The van der Waals surface area contributed by atoms with E-state index in [0.717, 1.165) is 19.0 Å². The van der Waals surface area contributed by atoms with Gasteiger partial charge in [-0.15, -0.1) is 0 Å². The summed E-state index contributed by atoms with van der Waals surface area (Å²) in [7, 11) is 0. The molecule has 2 heterocycles. The predicted molar refractivity (Wildman–Crippen MR) is 85.2 cm³/mol. The van der Waals surface area contributed by atoms with Crippen LogP contribution in [0.15, 0.2) is 24.3 Å². The van der Waals surface area contributed by atoms with Crippen LogP contribution in [0.4, 0.5) is 5.69 Å². The van der Waals surface area contributed by atoms with E-state index >= 15 is 0 Å². The van der Waals surface area contributed by atoms with Gasteiger partial charge >= 0.3 is 0 Å². The molecule has 2 aliphatic heterocycles. The standard InChI is InChI=1S/C17H27N3/c1-14-12-19-11-3-2-4-17(19)13-20(14)16-7-5-15(6-8-16)9-10-18/h5-8,14,17H,2-4,9-13,18H2,1H3. The summed E-state index contributed by atoms with van der Waals surface area (Å²) in [6.07, 6.45) is 5.14. The summed E-state index contributed by atoms with van der Waals surface area (Å²) in [5.74, 6) is 0. The van der Waals surface area contributed by atoms with E-state index in [2.05, 4.69) is 41.0 Å². The molecule has 0 radical (unpaired) electrons. The number of hydrogen-bond donors (Lipinski definition) is 1. The molecule has 2 atom stereocenters. The van der Waals surface area contributed by atoms with E-state index in [1.807, 2.05) is 0 Å². The molecule has 0 spiro atoms. The Morgan fingerprint density at radius 2 is 1.95 bits per heavy atom. The fraction of sp³-hybridized carbons (Fsp3) is 0.647. The quantitative estimate of drug-likeness (QED) is 0.917. The lowest BCUT2D eigenvalue weighted by Crippen LogP contribution is -2.58. The van der Waals surface area contributed by atoms with Crippen LogP contribution in [-0.4, -0.2) is 43.2 Å². The molecule has 0 aliphatic carbocycles. The number of hydrogen-bond acceptors (Lipinski definition) is 3. The number of piperazine rings is 1. The van der Waals surface area contributed by atoms with Gasteiger partial charge < -0.3 is 10.6 Å². The zero-order chi connectivity index (χ0) is 13.9. The second kappa shape index (κ2) is 6.15. The molecule has 0 aromatic heterocycles. The number of piperidine rings is 1. The van der Waals surface area contributed by atoms with Crippen molar-refractivity contribution in [3.05, 3.63) is 29.8 Å². The fourth-order valence-corrected chi connectivity index (χ4v) is 3.73. The van der Waals surface area contributed by atoms with Gasteiger partial charge in [0, 0.05) is 30.9 Å². The third-order valence-corrected chi connectivity index (χ3v) is 4.89. The van der Waals surface area contributed by atoms with E-state index in [-0.39, 0.29) is 0 Å². The molecule has 0 saturated carbocycles. The van der Waals surface area contributed by atoms with Crippen molar-refractivity contribution < 1.29 is 0 Å². The third-order valence-electron chi connectivity index (χ3n) is 4.89. The number of nitrogens with zero attached hydrogens (tertiary/aromatic N) is 2. The minimum absolute atomic E-state index is 0.615. The normalized spacial score (nSPS) is 27.4. The fourth-order valence-electron chi connectivity index (χ4n) is 3.73. The van der Waals surface area contributed by atoms with E-state index in [1.165, 1.54) is 50.1 Å². The SMILES string of the molecule is CC1CN2CCCCC2CN1c1ccc(CCN)cc1. The summed E-state index contributed by atoms with van der Waals surface area (Å²) < 4.78 is 0. The highest BCUT2D eigenvalue weighted by molar-refractivity contribution is 5.49. The van der Waals surface area contributed by atoms with Gasteiger partial charge in [0.25, 0.3) is 0 Å². The molecule has 3 rings (SSSR count). The van der Waals surface area contributed by atoms with E-state index in [9.17, 15) is 0 Å². The van der Waals surface area contributed by atoms with Crippen molar-refractivity contribution in [1.29, 1.82) is 0 Å². The molecule has 110 valence electrons. The molecule has 3 heteroatoms. The summed E-state index contributed by atoms with van der Waals surface area (Å²) in [6.45, 7) is 6.81. The first kappa shape index (κ1) is 13.9.